The molecule has 1 aromatic rings. The molecular formula is C14H21NOS. The van der Waals surface area contributed by atoms with Crippen LogP contribution >= 0.6 is 0 Å². The first-order valence-corrected chi connectivity index (χ1v) is 7.81. The summed E-state index contributed by atoms with van der Waals surface area (Å²) in [5, 5.41) is 3.64. The highest BCUT2D eigenvalue weighted by atomic mass is 32.2. The smallest absolute Gasteiger partial charge is 0.0294 e. The normalized spacial score (nSPS) is 26.7. The molecule has 1 N–H and O–H groups in total. The summed E-state index contributed by atoms with van der Waals surface area (Å²) in [6.45, 7) is 4.31. The van der Waals surface area contributed by atoms with E-state index >= 15 is 0 Å². The number of nitrogens with one attached hydrogen (secondary N) is 1. The Kier molecular flexibility index (Phi) is 4.35. The highest BCUT2D eigenvalue weighted by molar-refractivity contribution is 7.85. The second-order valence-electron chi connectivity index (χ2n) is 4.92. The first-order chi connectivity index (χ1) is 8.15. The van der Waals surface area contributed by atoms with Crippen LogP contribution in [0.15, 0.2) is 24.3 Å². The molecule has 1 aromatic carbocycles. The molecular weight excluding hydrogens is 230 g/mol. The second-order valence-corrected chi connectivity index (χ2v) is 6.62. The molecule has 0 bridgehead atoms. The van der Waals surface area contributed by atoms with Crippen molar-refractivity contribution in [3.63, 3.8) is 0 Å². The van der Waals surface area contributed by atoms with Gasteiger partial charge in [0.05, 0.1) is 0 Å². The maximum absolute atomic E-state index is 11.3. The van der Waals surface area contributed by atoms with Crippen LogP contribution < -0.4 is 5.32 Å². The summed E-state index contributed by atoms with van der Waals surface area (Å²) in [7, 11) is -0.563. The molecule has 1 unspecified atom stereocenters. The number of rotatable bonds is 3. The predicted molar refractivity (Wildman–Crippen MR) is 73.6 cm³/mol. The number of hydrogen-bond acceptors (Lipinski definition) is 2. The van der Waals surface area contributed by atoms with Gasteiger partial charge < -0.3 is 5.32 Å². The van der Waals surface area contributed by atoms with E-state index in [1.54, 1.807) is 0 Å². The lowest BCUT2D eigenvalue weighted by Crippen LogP contribution is -2.37. The molecule has 1 heterocycles. The summed E-state index contributed by atoms with van der Waals surface area (Å²) in [5.41, 5.74) is 2.64. The van der Waals surface area contributed by atoms with E-state index in [4.69, 9.17) is 0 Å². The van der Waals surface area contributed by atoms with Gasteiger partial charge in [-0.2, -0.15) is 0 Å². The highest BCUT2D eigenvalue weighted by Gasteiger charge is 2.19. The molecule has 0 aromatic heterocycles. The van der Waals surface area contributed by atoms with Crippen LogP contribution in [0.5, 0.6) is 0 Å². The summed E-state index contributed by atoms with van der Waals surface area (Å²) in [4.78, 5) is 0. The SMILES string of the molecule is Cc1ccc(C(C)NC2CCS(=O)CC2)cc1. The van der Waals surface area contributed by atoms with E-state index < -0.39 is 10.8 Å². The third-order valence-electron chi connectivity index (χ3n) is 3.45. The Morgan fingerprint density at radius 3 is 2.41 bits per heavy atom. The molecule has 94 valence electrons. The molecule has 17 heavy (non-hydrogen) atoms. The van der Waals surface area contributed by atoms with E-state index in [2.05, 4.69) is 43.4 Å². The Hall–Kier alpha value is -0.670. The molecule has 0 radical (unpaired) electrons. The van der Waals surface area contributed by atoms with Gasteiger partial charge in [0.1, 0.15) is 0 Å². The average molecular weight is 251 g/mol. The minimum atomic E-state index is -0.563. The number of benzene rings is 1. The van der Waals surface area contributed by atoms with Gasteiger partial charge >= 0.3 is 0 Å². The first-order valence-electron chi connectivity index (χ1n) is 6.33. The molecule has 1 saturated heterocycles. The minimum Gasteiger partial charge on any atom is -0.307 e. The molecule has 2 nitrogen and oxygen atoms in total. The lowest BCUT2D eigenvalue weighted by Gasteiger charge is -2.26. The van der Waals surface area contributed by atoms with E-state index in [-0.39, 0.29) is 0 Å². The molecule has 1 fully saturated rings. The van der Waals surface area contributed by atoms with Crippen LogP contribution in [-0.2, 0) is 10.8 Å². The average Bonchev–Trinajstić information content (AvgIpc) is 2.33. The van der Waals surface area contributed by atoms with E-state index in [9.17, 15) is 4.21 Å². The summed E-state index contributed by atoms with van der Waals surface area (Å²) < 4.78 is 11.3. The Labute approximate surface area is 106 Å². The van der Waals surface area contributed by atoms with Gasteiger partial charge in [-0.3, -0.25) is 4.21 Å². The molecule has 0 amide bonds. The van der Waals surface area contributed by atoms with Gasteiger partial charge in [-0.1, -0.05) is 29.8 Å². The standard InChI is InChI=1S/C14H21NOS/c1-11-3-5-13(6-4-11)12(2)15-14-7-9-17(16)10-8-14/h3-6,12,14-15H,7-10H2,1-2H3. The third kappa shape index (κ3) is 3.65. The Morgan fingerprint density at radius 2 is 1.82 bits per heavy atom. The molecule has 0 spiro atoms. The van der Waals surface area contributed by atoms with Crippen molar-refractivity contribution < 1.29 is 4.21 Å². The zero-order valence-corrected chi connectivity index (χ0v) is 11.4. The fourth-order valence-corrected chi connectivity index (χ4v) is 3.56. The Bertz CT molecular complexity index is 378. The van der Waals surface area contributed by atoms with Crippen LogP contribution in [-0.4, -0.2) is 21.8 Å². The zero-order valence-electron chi connectivity index (χ0n) is 10.6. The third-order valence-corrected chi connectivity index (χ3v) is 4.83. The molecule has 1 aliphatic rings. The van der Waals surface area contributed by atoms with Crippen molar-refractivity contribution in [2.24, 2.45) is 0 Å². The predicted octanol–water partition coefficient (Wildman–Crippen LogP) is 2.56. The second kappa shape index (κ2) is 5.78. The molecule has 2 rings (SSSR count). The highest BCUT2D eigenvalue weighted by Crippen LogP contribution is 2.17. The lowest BCUT2D eigenvalue weighted by molar-refractivity contribution is 0.427. The largest absolute Gasteiger partial charge is 0.307 e. The van der Waals surface area contributed by atoms with Crippen molar-refractivity contribution in [1.29, 1.82) is 0 Å². The molecule has 1 atom stereocenters. The summed E-state index contributed by atoms with van der Waals surface area (Å²) >= 11 is 0. The monoisotopic (exact) mass is 251 g/mol. The number of aryl methyl sites for hydroxylation is 1. The van der Waals surface area contributed by atoms with Crippen LogP contribution in [0.1, 0.15) is 36.9 Å². The van der Waals surface area contributed by atoms with Gasteiger partial charge in [-0.25, -0.2) is 0 Å². The van der Waals surface area contributed by atoms with Gasteiger partial charge in [0.25, 0.3) is 0 Å². The van der Waals surface area contributed by atoms with Crippen molar-refractivity contribution in [1.82, 2.24) is 5.32 Å². The minimum absolute atomic E-state index is 0.382. The van der Waals surface area contributed by atoms with E-state index in [1.807, 2.05) is 0 Å². The van der Waals surface area contributed by atoms with E-state index in [1.165, 1.54) is 11.1 Å². The zero-order chi connectivity index (χ0) is 12.3. The van der Waals surface area contributed by atoms with Crippen molar-refractivity contribution in [3.8, 4) is 0 Å². The maximum atomic E-state index is 11.3. The van der Waals surface area contributed by atoms with Crippen molar-refractivity contribution in [3.05, 3.63) is 35.4 Å². The van der Waals surface area contributed by atoms with Gasteiger partial charge in [-0.05, 0) is 32.3 Å². The van der Waals surface area contributed by atoms with Crippen molar-refractivity contribution >= 4 is 10.8 Å². The van der Waals surface area contributed by atoms with Gasteiger partial charge in [0.15, 0.2) is 0 Å². The first kappa shape index (κ1) is 12.8. The van der Waals surface area contributed by atoms with Gasteiger partial charge in [0, 0.05) is 34.4 Å². The molecule has 0 saturated carbocycles. The summed E-state index contributed by atoms with van der Waals surface area (Å²) in [6, 6.07) is 9.60. The topological polar surface area (TPSA) is 29.1 Å². The quantitative estimate of drug-likeness (QED) is 0.894. The number of hydrogen-bond donors (Lipinski definition) is 1. The Morgan fingerprint density at radius 1 is 1.24 bits per heavy atom. The van der Waals surface area contributed by atoms with Crippen LogP contribution in [0.25, 0.3) is 0 Å². The molecule has 0 aliphatic carbocycles. The van der Waals surface area contributed by atoms with Crippen LogP contribution in [0.4, 0.5) is 0 Å². The van der Waals surface area contributed by atoms with Crippen molar-refractivity contribution in [2.45, 2.75) is 38.8 Å². The Balaban J connectivity index is 1.90. The van der Waals surface area contributed by atoms with E-state index in [0.717, 1.165) is 24.3 Å². The summed E-state index contributed by atoms with van der Waals surface area (Å²) in [5.74, 6) is 1.72. The fourth-order valence-electron chi connectivity index (χ4n) is 2.27. The molecule has 1 aliphatic heterocycles. The maximum Gasteiger partial charge on any atom is 0.0294 e. The van der Waals surface area contributed by atoms with Crippen molar-refractivity contribution in [2.75, 3.05) is 11.5 Å². The van der Waals surface area contributed by atoms with Crippen LogP contribution in [0.3, 0.4) is 0 Å². The van der Waals surface area contributed by atoms with Crippen LogP contribution in [0, 0.1) is 6.92 Å². The summed E-state index contributed by atoms with van der Waals surface area (Å²) in [6.07, 6.45) is 2.09. The van der Waals surface area contributed by atoms with Gasteiger partial charge in [-0.15, -0.1) is 0 Å². The van der Waals surface area contributed by atoms with Gasteiger partial charge in [0.2, 0.25) is 0 Å². The fraction of sp³-hybridized carbons (Fsp3) is 0.571. The molecule has 3 heteroatoms. The van der Waals surface area contributed by atoms with Crippen LogP contribution in [0.2, 0.25) is 0 Å². The lowest BCUT2D eigenvalue weighted by atomic mass is 10.0. The van der Waals surface area contributed by atoms with E-state index in [0.29, 0.717) is 12.1 Å².